The fourth-order valence-electron chi connectivity index (χ4n) is 1.52. The summed E-state index contributed by atoms with van der Waals surface area (Å²) in [6.07, 6.45) is 0. The fourth-order valence-corrected chi connectivity index (χ4v) is 2.57. The molecule has 2 rings (SSSR count). The predicted octanol–water partition coefficient (Wildman–Crippen LogP) is 2.95. The van der Waals surface area contributed by atoms with Gasteiger partial charge in [-0.05, 0) is 37.9 Å². The van der Waals surface area contributed by atoms with Gasteiger partial charge in [-0.3, -0.25) is 9.59 Å². The van der Waals surface area contributed by atoms with E-state index in [1.807, 2.05) is 13.8 Å². The Morgan fingerprint density at radius 1 is 1.18 bits per heavy atom. The Morgan fingerprint density at radius 3 is 2.06 bits per heavy atom. The van der Waals surface area contributed by atoms with E-state index in [0.29, 0.717) is 17.0 Å². The lowest BCUT2D eigenvalue weighted by Crippen LogP contribution is -2.30. The molecule has 0 fully saturated rings. The first-order chi connectivity index (χ1) is 7.96. The number of fused-ring (bicyclic) bond motifs is 1. The van der Waals surface area contributed by atoms with Crippen molar-refractivity contribution in [1.29, 1.82) is 0 Å². The Balaban J connectivity index is 2.31. The molecule has 1 aliphatic heterocycles. The average Bonchev–Trinajstić information content (AvgIpc) is 2.55. The number of carbonyl (C=O) groups is 2. The first-order valence-electron chi connectivity index (χ1n) is 5.19. The molecule has 0 aliphatic carbocycles. The molecule has 2 amide bonds. The zero-order chi connectivity index (χ0) is 12.6. The van der Waals surface area contributed by atoms with Crippen LogP contribution < -0.4 is 0 Å². The maximum Gasteiger partial charge on any atom is 0.271 e. The van der Waals surface area contributed by atoms with Crippen molar-refractivity contribution in [2.75, 3.05) is 5.88 Å². The first-order valence-corrected chi connectivity index (χ1v) is 6.50. The predicted molar refractivity (Wildman–Crippen MR) is 69.3 cm³/mol. The van der Waals surface area contributed by atoms with Gasteiger partial charge in [0, 0.05) is 10.6 Å². The van der Waals surface area contributed by atoms with Crippen LogP contribution in [-0.4, -0.2) is 26.7 Å². The van der Waals surface area contributed by atoms with E-state index in [4.69, 9.17) is 11.6 Å². The minimum Gasteiger partial charge on any atom is -0.268 e. The van der Waals surface area contributed by atoms with Gasteiger partial charge in [0.15, 0.2) is 0 Å². The highest BCUT2D eigenvalue weighted by Crippen LogP contribution is 2.35. The van der Waals surface area contributed by atoms with Crippen LogP contribution >= 0.6 is 23.5 Å². The topological polar surface area (TPSA) is 37.4 Å². The Hall–Kier alpha value is -1.00. The van der Waals surface area contributed by atoms with Crippen LogP contribution in [-0.2, 0) is 0 Å². The summed E-state index contributed by atoms with van der Waals surface area (Å²) in [5, 5.41) is 0. The lowest BCUT2D eigenvalue weighted by Gasteiger charge is -2.25. The number of halogens is 1. The van der Waals surface area contributed by atoms with Gasteiger partial charge in [-0.1, -0.05) is 12.1 Å². The highest BCUT2D eigenvalue weighted by atomic mass is 35.5. The van der Waals surface area contributed by atoms with Gasteiger partial charge >= 0.3 is 0 Å². The molecule has 0 radical (unpaired) electrons. The zero-order valence-electron chi connectivity index (χ0n) is 9.57. The fraction of sp³-hybridized carbons (Fsp3) is 0.333. The van der Waals surface area contributed by atoms with Crippen LogP contribution in [0.4, 0.5) is 0 Å². The first kappa shape index (κ1) is 12.5. The summed E-state index contributed by atoms with van der Waals surface area (Å²) >= 11 is 6.99. The van der Waals surface area contributed by atoms with Gasteiger partial charge < -0.3 is 0 Å². The highest BCUT2D eigenvalue weighted by Gasteiger charge is 2.39. The molecule has 17 heavy (non-hydrogen) atoms. The molecule has 1 aromatic rings. The van der Waals surface area contributed by atoms with Crippen molar-refractivity contribution in [3.05, 3.63) is 35.4 Å². The number of hydrogen-bond acceptors (Lipinski definition) is 3. The van der Waals surface area contributed by atoms with Crippen molar-refractivity contribution in [3.63, 3.8) is 0 Å². The monoisotopic (exact) mass is 269 g/mol. The third-order valence-corrected chi connectivity index (χ3v) is 4.40. The van der Waals surface area contributed by atoms with Crippen LogP contribution in [0, 0.1) is 0 Å². The van der Waals surface area contributed by atoms with Crippen LogP contribution in [0.2, 0.25) is 0 Å². The molecule has 0 N–H and O–H groups in total. The second-order valence-corrected chi connectivity index (χ2v) is 6.36. The van der Waals surface area contributed by atoms with E-state index in [2.05, 4.69) is 0 Å². The van der Waals surface area contributed by atoms with Crippen molar-refractivity contribution in [2.45, 2.75) is 18.6 Å². The molecule has 0 bridgehead atoms. The van der Waals surface area contributed by atoms with Gasteiger partial charge in [0.1, 0.15) is 0 Å². The normalized spacial score (nSPS) is 15.4. The van der Waals surface area contributed by atoms with Crippen LogP contribution in [0.5, 0.6) is 0 Å². The molecule has 1 aliphatic rings. The van der Waals surface area contributed by atoms with E-state index in [9.17, 15) is 9.59 Å². The SMILES string of the molecule is CC(C)(CCl)SN1C(=O)c2ccccc2C1=O. The number of amides is 2. The molecular weight excluding hydrogens is 258 g/mol. The van der Waals surface area contributed by atoms with Crippen LogP contribution in [0.15, 0.2) is 24.3 Å². The standard InChI is InChI=1S/C12H12ClNO2S/c1-12(2,7-13)17-14-10(15)8-5-3-4-6-9(8)11(14)16/h3-6H,7H2,1-2H3. The van der Waals surface area contributed by atoms with Gasteiger partial charge in [0.05, 0.1) is 11.1 Å². The third kappa shape index (κ3) is 2.19. The van der Waals surface area contributed by atoms with E-state index in [1.54, 1.807) is 24.3 Å². The number of hydrogen-bond donors (Lipinski definition) is 0. The van der Waals surface area contributed by atoms with Crippen LogP contribution in [0.25, 0.3) is 0 Å². The van der Waals surface area contributed by atoms with Crippen molar-refractivity contribution in [2.24, 2.45) is 0 Å². The molecule has 0 saturated heterocycles. The molecular formula is C12H12ClNO2S. The second kappa shape index (κ2) is 4.35. The number of benzene rings is 1. The van der Waals surface area contributed by atoms with E-state index < -0.39 is 0 Å². The maximum atomic E-state index is 12.0. The number of nitrogens with zero attached hydrogens (tertiary/aromatic N) is 1. The smallest absolute Gasteiger partial charge is 0.268 e. The molecule has 90 valence electrons. The van der Waals surface area contributed by atoms with E-state index in [-0.39, 0.29) is 16.6 Å². The van der Waals surface area contributed by atoms with Gasteiger partial charge in [-0.25, -0.2) is 4.31 Å². The summed E-state index contributed by atoms with van der Waals surface area (Å²) in [7, 11) is 0. The van der Waals surface area contributed by atoms with Crippen molar-refractivity contribution >= 4 is 35.4 Å². The lowest BCUT2D eigenvalue weighted by molar-refractivity contribution is 0.0775. The Labute approximate surface area is 109 Å². The summed E-state index contributed by atoms with van der Waals surface area (Å²) in [5.41, 5.74) is 0.936. The average molecular weight is 270 g/mol. The molecule has 0 saturated carbocycles. The van der Waals surface area contributed by atoms with Gasteiger partial charge in [0.2, 0.25) is 0 Å². The number of imide groups is 1. The second-order valence-electron chi connectivity index (χ2n) is 4.43. The highest BCUT2D eigenvalue weighted by molar-refractivity contribution is 7.99. The van der Waals surface area contributed by atoms with Crippen molar-refractivity contribution in [3.8, 4) is 0 Å². The minimum absolute atomic E-state index is 0.256. The maximum absolute atomic E-state index is 12.0. The number of rotatable bonds is 3. The van der Waals surface area contributed by atoms with Gasteiger partial charge in [-0.2, -0.15) is 0 Å². The Kier molecular flexibility index (Phi) is 3.19. The summed E-state index contributed by atoms with van der Waals surface area (Å²) < 4.78 is 0.849. The number of alkyl halides is 1. The number of carbonyl (C=O) groups excluding carboxylic acids is 2. The Morgan fingerprint density at radius 2 is 1.65 bits per heavy atom. The van der Waals surface area contributed by atoms with Crippen molar-refractivity contribution in [1.82, 2.24) is 4.31 Å². The largest absolute Gasteiger partial charge is 0.271 e. The van der Waals surface area contributed by atoms with E-state index >= 15 is 0 Å². The Bertz CT molecular complexity index is 452. The quantitative estimate of drug-likeness (QED) is 0.481. The molecule has 0 unspecified atom stereocenters. The van der Waals surface area contributed by atoms with Crippen molar-refractivity contribution < 1.29 is 9.59 Å². The third-order valence-electron chi connectivity index (χ3n) is 2.42. The van der Waals surface area contributed by atoms with Crippen LogP contribution in [0.1, 0.15) is 34.6 Å². The van der Waals surface area contributed by atoms with Gasteiger partial charge in [0.25, 0.3) is 11.8 Å². The van der Waals surface area contributed by atoms with Gasteiger partial charge in [-0.15, -0.1) is 11.6 Å². The summed E-state index contributed by atoms with van der Waals surface area (Å²) in [4.78, 5) is 24.1. The van der Waals surface area contributed by atoms with E-state index in [1.165, 1.54) is 16.3 Å². The van der Waals surface area contributed by atoms with Crippen LogP contribution in [0.3, 0.4) is 0 Å². The molecule has 5 heteroatoms. The zero-order valence-corrected chi connectivity index (χ0v) is 11.1. The summed E-state index contributed by atoms with van der Waals surface area (Å²) in [6, 6.07) is 6.85. The summed E-state index contributed by atoms with van der Waals surface area (Å²) in [6.45, 7) is 3.79. The molecule has 0 aromatic heterocycles. The summed E-state index contributed by atoms with van der Waals surface area (Å²) in [5.74, 6) is -0.145. The lowest BCUT2D eigenvalue weighted by atomic mass is 10.1. The van der Waals surface area contributed by atoms with E-state index in [0.717, 1.165) is 0 Å². The molecule has 1 aromatic carbocycles. The molecule has 0 atom stereocenters. The molecule has 0 spiro atoms. The molecule has 3 nitrogen and oxygen atoms in total. The minimum atomic E-state index is -0.352. The molecule has 1 heterocycles.